The Morgan fingerprint density at radius 3 is 2.58 bits per heavy atom. The standard InChI is InChI=1S/C22H31N4O9P/c1-12(2)33-21(29)14(4)25-36(31,35-15-8-6-5-7-9-15)32-11-16-18(27)17(23)20(34-16)26-10-13(3)19(28)24-22(26)30/h5-10,12,14,16-18,20,27H,11,23H2,1-4H3,(H,25,31)(H,24,28,30)/t14-,16+,17+,18+,20+,36?/m0/s1. The second-order valence-electron chi connectivity index (χ2n) is 8.65. The summed E-state index contributed by atoms with van der Waals surface area (Å²) in [6, 6.07) is 6.03. The predicted molar refractivity (Wildman–Crippen MR) is 128 cm³/mol. The molecule has 1 fully saturated rings. The quantitative estimate of drug-likeness (QED) is 0.251. The Morgan fingerprint density at radius 2 is 1.94 bits per heavy atom. The van der Waals surface area contributed by atoms with Crippen LogP contribution in [0.4, 0.5) is 0 Å². The molecule has 1 unspecified atom stereocenters. The minimum atomic E-state index is -4.21. The fraction of sp³-hybridized carbons (Fsp3) is 0.500. The molecule has 5 N–H and O–H groups in total. The first kappa shape index (κ1) is 27.8. The number of nitrogens with two attached hydrogens (primary N) is 1. The number of aromatic amines is 1. The Bertz CT molecular complexity index is 1220. The van der Waals surface area contributed by atoms with E-state index < -0.39 is 68.2 Å². The molecule has 3 rings (SSSR count). The molecule has 6 atom stereocenters. The summed E-state index contributed by atoms with van der Waals surface area (Å²) in [5, 5.41) is 13.2. The molecule has 0 aliphatic carbocycles. The molecule has 198 valence electrons. The zero-order chi connectivity index (χ0) is 26.6. The van der Waals surface area contributed by atoms with E-state index in [1.165, 1.54) is 20.0 Å². The summed E-state index contributed by atoms with van der Waals surface area (Å²) in [5.41, 5.74) is 4.99. The summed E-state index contributed by atoms with van der Waals surface area (Å²) in [6.07, 6.45) is -2.68. The van der Waals surface area contributed by atoms with E-state index in [0.717, 1.165) is 4.57 Å². The highest BCUT2D eigenvalue weighted by Gasteiger charge is 2.45. The third-order valence-corrected chi connectivity index (χ3v) is 6.92. The summed E-state index contributed by atoms with van der Waals surface area (Å²) in [5.74, 6) is -0.465. The van der Waals surface area contributed by atoms with E-state index in [9.17, 15) is 24.1 Å². The van der Waals surface area contributed by atoms with Crippen molar-refractivity contribution in [2.24, 2.45) is 5.73 Å². The molecule has 36 heavy (non-hydrogen) atoms. The number of para-hydroxylation sites is 1. The number of aromatic nitrogens is 2. The highest BCUT2D eigenvalue weighted by Crippen LogP contribution is 2.45. The Balaban J connectivity index is 1.77. The molecular weight excluding hydrogens is 495 g/mol. The minimum Gasteiger partial charge on any atom is -0.462 e. The van der Waals surface area contributed by atoms with Gasteiger partial charge in [0.1, 0.15) is 24.0 Å². The first-order valence-corrected chi connectivity index (χ1v) is 12.8. The van der Waals surface area contributed by atoms with Crippen LogP contribution >= 0.6 is 7.75 Å². The van der Waals surface area contributed by atoms with Crippen LogP contribution < -0.4 is 26.6 Å². The molecule has 1 saturated heterocycles. The first-order chi connectivity index (χ1) is 16.9. The van der Waals surface area contributed by atoms with E-state index in [1.54, 1.807) is 44.2 Å². The van der Waals surface area contributed by atoms with Crippen LogP contribution in [0.25, 0.3) is 0 Å². The number of aliphatic hydroxyl groups excluding tert-OH is 1. The highest BCUT2D eigenvalue weighted by atomic mass is 31.2. The minimum absolute atomic E-state index is 0.204. The molecule has 0 saturated carbocycles. The summed E-state index contributed by atoms with van der Waals surface area (Å²) >= 11 is 0. The molecule has 1 aliphatic rings. The number of aryl methyl sites for hydroxylation is 1. The number of hydrogen-bond donors (Lipinski definition) is 4. The number of H-pyrrole nitrogens is 1. The molecule has 2 aromatic rings. The lowest BCUT2D eigenvalue weighted by molar-refractivity contribution is -0.149. The normalized spacial score (nSPS) is 24.3. The van der Waals surface area contributed by atoms with Crippen LogP contribution in [0.1, 0.15) is 32.6 Å². The number of nitrogens with one attached hydrogen (secondary N) is 2. The number of benzene rings is 1. The van der Waals surface area contributed by atoms with E-state index in [-0.39, 0.29) is 11.3 Å². The highest BCUT2D eigenvalue weighted by molar-refractivity contribution is 7.52. The van der Waals surface area contributed by atoms with Gasteiger partial charge in [-0.3, -0.25) is 23.7 Å². The van der Waals surface area contributed by atoms with Gasteiger partial charge in [0.05, 0.1) is 18.8 Å². The van der Waals surface area contributed by atoms with Crippen LogP contribution in [-0.2, 0) is 23.4 Å². The molecule has 1 aromatic heterocycles. The van der Waals surface area contributed by atoms with Crippen molar-refractivity contribution < 1.29 is 33.0 Å². The van der Waals surface area contributed by atoms with Gasteiger partial charge in [-0.25, -0.2) is 9.36 Å². The Morgan fingerprint density at radius 1 is 1.28 bits per heavy atom. The molecule has 1 aromatic carbocycles. The van der Waals surface area contributed by atoms with Crippen molar-refractivity contribution in [3.8, 4) is 5.75 Å². The predicted octanol–water partition coefficient (Wildman–Crippen LogP) is 0.564. The molecule has 13 nitrogen and oxygen atoms in total. The van der Waals surface area contributed by atoms with Gasteiger partial charge in [-0.15, -0.1) is 0 Å². The maximum Gasteiger partial charge on any atom is 0.459 e. The monoisotopic (exact) mass is 526 g/mol. The second-order valence-corrected chi connectivity index (χ2v) is 10.3. The molecule has 0 radical (unpaired) electrons. The van der Waals surface area contributed by atoms with Gasteiger partial charge >= 0.3 is 19.4 Å². The Hall–Kier alpha value is -2.80. The van der Waals surface area contributed by atoms with Gasteiger partial charge in [-0.2, -0.15) is 5.09 Å². The lowest BCUT2D eigenvalue weighted by Gasteiger charge is -2.25. The Labute approximate surface area is 207 Å². The molecular formula is C22H31N4O9P. The number of rotatable bonds is 10. The van der Waals surface area contributed by atoms with Crippen molar-refractivity contribution in [3.63, 3.8) is 0 Å². The second kappa shape index (κ2) is 11.5. The van der Waals surface area contributed by atoms with Crippen molar-refractivity contribution in [1.29, 1.82) is 0 Å². The van der Waals surface area contributed by atoms with Crippen molar-refractivity contribution in [1.82, 2.24) is 14.6 Å². The molecule has 2 heterocycles. The number of carbonyl (C=O) groups is 1. The maximum atomic E-state index is 13.6. The van der Waals surface area contributed by atoms with Gasteiger partial charge < -0.3 is 24.8 Å². The summed E-state index contributed by atoms with van der Waals surface area (Å²) < 4.78 is 36.6. The SMILES string of the molecule is Cc1cn([C@@H]2O[C@H](COP(=O)(N[C@@H](C)C(=O)OC(C)C)Oc3ccccc3)[C@@H](O)[C@H]2N)c(=O)[nH]c1=O. The summed E-state index contributed by atoms with van der Waals surface area (Å²) in [7, 11) is -4.21. The van der Waals surface area contributed by atoms with Gasteiger partial charge in [-0.05, 0) is 39.8 Å². The zero-order valence-electron chi connectivity index (χ0n) is 20.3. The van der Waals surface area contributed by atoms with Gasteiger partial charge in [0.15, 0.2) is 6.23 Å². The van der Waals surface area contributed by atoms with Crippen LogP contribution in [-0.4, -0.2) is 57.6 Å². The fourth-order valence-electron chi connectivity index (χ4n) is 3.44. The van der Waals surface area contributed by atoms with Crippen LogP contribution in [0.3, 0.4) is 0 Å². The van der Waals surface area contributed by atoms with Gasteiger partial charge in [-0.1, -0.05) is 18.2 Å². The van der Waals surface area contributed by atoms with E-state index in [4.69, 9.17) is 24.3 Å². The number of hydrogen-bond acceptors (Lipinski definition) is 10. The van der Waals surface area contributed by atoms with Gasteiger partial charge in [0.25, 0.3) is 5.56 Å². The van der Waals surface area contributed by atoms with E-state index >= 15 is 0 Å². The number of nitrogens with zero attached hydrogens (tertiary/aromatic N) is 1. The number of ether oxygens (including phenoxy) is 2. The zero-order valence-corrected chi connectivity index (χ0v) is 21.2. The number of carbonyl (C=O) groups excluding carboxylic acids is 1. The topological polar surface area (TPSA) is 184 Å². The van der Waals surface area contributed by atoms with Gasteiger partial charge in [0, 0.05) is 11.8 Å². The van der Waals surface area contributed by atoms with Gasteiger partial charge in [0.2, 0.25) is 0 Å². The number of esters is 1. The van der Waals surface area contributed by atoms with Crippen LogP contribution in [0.15, 0.2) is 46.1 Å². The summed E-state index contributed by atoms with van der Waals surface area (Å²) in [6.45, 7) is 5.82. The van der Waals surface area contributed by atoms with Crippen molar-refractivity contribution in [3.05, 3.63) is 62.9 Å². The molecule has 0 bridgehead atoms. The van der Waals surface area contributed by atoms with Crippen LogP contribution in [0.5, 0.6) is 5.75 Å². The molecule has 0 spiro atoms. The van der Waals surface area contributed by atoms with Crippen molar-refractivity contribution in [2.75, 3.05) is 6.61 Å². The molecule has 1 aliphatic heterocycles. The largest absolute Gasteiger partial charge is 0.462 e. The average Bonchev–Trinajstić information content (AvgIpc) is 3.08. The smallest absolute Gasteiger partial charge is 0.459 e. The first-order valence-electron chi connectivity index (χ1n) is 11.3. The fourth-order valence-corrected chi connectivity index (χ4v) is 4.94. The summed E-state index contributed by atoms with van der Waals surface area (Å²) in [4.78, 5) is 38.4. The average molecular weight is 526 g/mol. The lowest BCUT2D eigenvalue weighted by atomic mass is 10.1. The molecule has 14 heteroatoms. The van der Waals surface area contributed by atoms with E-state index in [0.29, 0.717) is 0 Å². The molecule has 0 amide bonds. The maximum absolute atomic E-state index is 13.6. The van der Waals surface area contributed by atoms with Crippen LogP contribution in [0.2, 0.25) is 0 Å². The van der Waals surface area contributed by atoms with Crippen LogP contribution in [0, 0.1) is 6.92 Å². The van der Waals surface area contributed by atoms with Crippen molar-refractivity contribution >= 4 is 13.7 Å². The van der Waals surface area contributed by atoms with E-state index in [1.807, 2.05) is 0 Å². The lowest BCUT2D eigenvalue weighted by Crippen LogP contribution is -2.43. The number of aliphatic hydroxyl groups is 1. The third kappa shape index (κ3) is 6.69. The van der Waals surface area contributed by atoms with E-state index in [2.05, 4.69) is 10.1 Å². The third-order valence-electron chi connectivity index (χ3n) is 5.27. The van der Waals surface area contributed by atoms with Crippen molar-refractivity contribution in [2.45, 2.75) is 64.3 Å². The Kier molecular flexibility index (Phi) is 8.88.